The molecule has 15 heavy (non-hydrogen) atoms. The predicted molar refractivity (Wildman–Crippen MR) is 60.1 cm³/mol. The van der Waals surface area contributed by atoms with Gasteiger partial charge in [-0.2, -0.15) is 0 Å². The van der Waals surface area contributed by atoms with Crippen molar-refractivity contribution in [3.05, 3.63) is 28.8 Å². The summed E-state index contributed by atoms with van der Waals surface area (Å²) >= 11 is 5.90. The van der Waals surface area contributed by atoms with E-state index in [4.69, 9.17) is 16.7 Å². The second-order valence-electron chi connectivity index (χ2n) is 3.23. The standard InChI is InChI=1S/C11H14ClNO2/c1-2-13-11(15)6-4-8-3-5-9(14)7-10(8)12/h3,5,7,14H,2,4,6H2,1H3,(H,13,15). The van der Waals surface area contributed by atoms with Crippen LogP contribution in [0.5, 0.6) is 5.75 Å². The summed E-state index contributed by atoms with van der Waals surface area (Å²) in [6.45, 7) is 2.52. The molecule has 0 heterocycles. The molecule has 1 aromatic carbocycles. The van der Waals surface area contributed by atoms with Gasteiger partial charge in [0.25, 0.3) is 0 Å². The lowest BCUT2D eigenvalue weighted by molar-refractivity contribution is -0.120. The van der Waals surface area contributed by atoms with Gasteiger partial charge in [0.1, 0.15) is 5.75 Å². The molecule has 0 aliphatic carbocycles. The smallest absolute Gasteiger partial charge is 0.220 e. The Morgan fingerprint density at radius 1 is 1.53 bits per heavy atom. The van der Waals surface area contributed by atoms with E-state index in [0.29, 0.717) is 24.4 Å². The Balaban J connectivity index is 2.54. The van der Waals surface area contributed by atoms with E-state index in [-0.39, 0.29) is 11.7 Å². The molecule has 0 atom stereocenters. The highest BCUT2D eigenvalue weighted by Gasteiger charge is 2.04. The Labute approximate surface area is 94.1 Å². The van der Waals surface area contributed by atoms with Gasteiger partial charge in [-0.3, -0.25) is 4.79 Å². The first kappa shape index (κ1) is 11.9. The van der Waals surface area contributed by atoms with Crippen molar-refractivity contribution in [3.8, 4) is 5.75 Å². The topological polar surface area (TPSA) is 49.3 Å². The van der Waals surface area contributed by atoms with Crippen LogP contribution in [-0.4, -0.2) is 17.6 Å². The number of rotatable bonds is 4. The Morgan fingerprint density at radius 2 is 2.27 bits per heavy atom. The van der Waals surface area contributed by atoms with Crippen LogP contribution < -0.4 is 5.32 Å². The third kappa shape index (κ3) is 3.80. The molecule has 0 saturated carbocycles. The highest BCUT2D eigenvalue weighted by molar-refractivity contribution is 6.31. The van der Waals surface area contributed by atoms with Gasteiger partial charge < -0.3 is 10.4 Å². The lowest BCUT2D eigenvalue weighted by atomic mass is 10.1. The lowest BCUT2D eigenvalue weighted by Gasteiger charge is -2.04. The first-order valence-corrected chi connectivity index (χ1v) is 5.25. The molecule has 0 aliphatic rings. The number of amides is 1. The van der Waals surface area contributed by atoms with Crippen molar-refractivity contribution in [2.75, 3.05) is 6.54 Å². The maximum absolute atomic E-state index is 11.2. The summed E-state index contributed by atoms with van der Waals surface area (Å²) in [6.07, 6.45) is 1.00. The average molecular weight is 228 g/mol. The van der Waals surface area contributed by atoms with Crippen molar-refractivity contribution in [1.29, 1.82) is 0 Å². The van der Waals surface area contributed by atoms with Crippen LogP contribution in [0, 0.1) is 0 Å². The molecule has 0 bridgehead atoms. The quantitative estimate of drug-likeness (QED) is 0.828. The number of phenolic OH excluding ortho intramolecular Hbond substituents is 1. The number of aryl methyl sites for hydroxylation is 1. The zero-order chi connectivity index (χ0) is 11.3. The number of hydrogen-bond acceptors (Lipinski definition) is 2. The van der Waals surface area contributed by atoms with Crippen LogP contribution in [0.3, 0.4) is 0 Å². The van der Waals surface area contributed by atoms with Crippen LogP contribution in [0.25, 0.3) is 0 Å². The molecular weight excluding hydrogens is 214 g/mol. The van der Waals surface area contributed by atoms with E-state index in [1.165, 1.54) is 6.07 Å². The van der Waals surface area contributed by atoms with Gasteiger partial charge in [-0.15, -0.1) is 0 Å². The van der Waals surface area contributed by atoms with Gasteiger partial charge in [-0.25, -0.2) is 0 Å². The minimum Gasteiger partial charge on any atom is -0.508 e. The number of carbonyl (C=O) groups is 1. The van der Waals surface area contributed by atoms with E-state index in [0.717, 1.165) is 5.56 Å². The van der Waals surface area contributed by atoms with E-state index in [1.54, 1.807) is 12.1 Å². The molecule has 1 aromatic rings. The Morgan fingerprint density at radius 3 is 2.87 bits per heavy atom. The number of aromatic hydroxyl groups is 1. The van der Waals surface area contributed by atoms with Crippen molar-refractivity contribution in [3.63, 3.8) is 0 Å². The van der Waals surface area contributed by atoms with Gasteiger partial charge in [-0.1, -0.05) is 17.7 Å². The molecule has 0 fully saturated rings. The molecule has 1 amide bonds. The monoisotopic (exact) mass is 227 g/mol. The predicted octanol–water partition coefficient (Wildman–Crippen LogP) is 2.11. The van der Waals surface area contributed by atoms with Crippen molar-refractivity contribution in [2.24, 2.45) is 0 Å². The summed E-state index contributed by atoms with van der Waals surface area (Å²) in [6, 6.07) is 4.78. The number of benzene rings is 1. The van der Waals surface area contributed by atoms with E-state index < -0.39 is 0 Å². The van der Waals surface area contributed by atoms with Gasteiger partial charge in [0.15, 0.2) is 0 Å². The summed E-state index contributed by atoms with van der Waals surface area (Å²) in [5.41, 5.74) is 0.876. The molecule has 0 radical (unpaired) electrons. The number of nitrogens with one attached hydrogen (secondary N) is 1. The van der Waals surface area contributed by atoms with Crippen LogP contribution in [0.1, 0.15) is 18.9 Å². The van der Waals surface area contributed by atoms with Gasteiger partial charge in [0, 0.05) is 18.0 Å². The summed E-state index contributed by atoms with van der Waals surface area (Å²) in [5, 5.41) is 12.3. The van der Waals surface area contributed by atoms with Crippen LogP contribution in [0.4, 0.5) is 0 Å². The van der Waals surface area contributed by atoms with Crippen LogP contribution in [0.2, 0.25) is 5.02 Å². The number of carbonyl (C=O) groups excluding carboxylic acids is 1. The minimum atomic E-state index is 0.0154. The van der Waals surface area contributed by atoms with E-state index in [1.807, 2.05) is 6.92 Å². The second kappa shape index (κ2) is 5.61. The zero-order valence-electron chi connectivity index (χ0n) is 8.59. The Hall–Kier alpha value is -1.22. The van der Waals surface area contributed by atoms with Crippen molar-refractivity contribution in [2.45, 2.75) is 19.8 Å². The molecule has 82 valence electrons. The maximum Gasteiger partial charge on any atom is 0.220 e. The molecule has 0 unspecified atom stereocenters. The lowest BCUT2D eigenvalue weighted by Crippen LogP contribution is -2.22. The van der Waals surface area contributed by atoms with Gasteiger partial charge >= 0.3 is 0 Å². The average Bonchev–Trinajstić information content (AvgIpc) is 2.17. The van der Waals surface area contributed by atoms with Gasteiger partial charge in [0.05, 0.1) is 0 Å². The molecule has 2 N–H and O–H groups in total. The van der Waals surface area contributed by atoms with Crippen molar-refractivity contribution >= 4 is 17.5 Å². The number of hydrogen-bond donors (Lipinski definition) is 2. The molecule has 1 rings (SSSR count). The summed E-state index contributed by atoms with van der Waals surface area (Å²) in [7, 11) is 0. The maximum atomic E-state index is 11.2. The SMILES string of the molecule is CCNC(=O)CCc1ccc(O)cc1Cl. The summed E-state index contributed by atoms with van der Waals surface area (Å²) < 4.78 is 0. The fraction of sp³-hybridized carbons (Fsp3) is 0.364. The molecule has 3 nitrogen and oxygen atoms in total. The van der Waals surface area contributed by atoms with Crippen LogP contribution in [0.15, 0.2) is 18.2 Å². The molecular formula is C11H14ClNO2. The summed E-state index contributed by atoms with van der Waals surface area (Å²) in [5.74, 6) is 0.156. The van der Waals surface area contributed by atoms with E-state index in [2.05, 4.69) is 5.32 Å². The number of phenols is 1. The second-order valence-corrected chi connectivity index (χ2v) is 3.64. The first-order chi connectivity index (χ1) is 7.13. The fourth-order valence-corrected chi connectivity index (χ4v) is 1.54. The minimum absolute atomic E-state index is 0.0154. The van der Waals surface area contributed by atoms with Crippen LogP contribution >= 0.6 is 11.6 Å². The number of halogens is 1. The molecule has 0 saturated heterocycles. The molecule has 4 heteroatoms. The largest absolute Gasteiger partial charge is 0.508 e. The molecule has 0 aliphatic heterocycles. The van der Waals surface area contributed by atoms with Crippen molar-refractivity contribution < 1.29 is 9.90 Å². The third-order valence-corrected chi connectivity index (χ3v) is 2.38. The Bertz CT molecular complexity index is 352. The van der Waals surface area contributed by atoms with Crippen LogP contribution in [-0.2, 0) is 11.2 Å². The highest BCUT2D eigenvalue weighted by Crippen LogP contribution is 2.22. The Kier molecular flexibility index (Phi) is 4.43. The van der Waals surface area contributed by atoms with Gasteiger partial charge in [-0.05, 0) is 31.0 Å². The zero-order valence-corrected chi connectivity index (χ0v) is 9.34. The first-order valence-electron chi connectivity index (χ1n) is 4.87. The normalized spacial score (nSPS) is 10.0. The third-order valence-electron chi connectivity index (χ3n) is 2.03. The highest BCUT2D eigenvalue weighted by atomic mass is 35.5. The summed E-state index contributed by atoms with van der Waals surface area (Å²) in [4.78, 5) is 11.2. The molecule has 0 aromatic heterocycles. The van der Waals surface area contributed by atoms with Gasteiger partial charge in [0.2, 0.25) is 5.91 Å². The van der Waals surface area contributed by atoms with E-state index >= 15 is 0 Å². The fourth-order valence-electron chi connectivity index (χ4n) is 1.27. The van der Waals surface area contributed by atoms with E-state index in [9.17, 15) is 4.79 Å². The molecule has 0 spiro atoms. The van der Waals surface area contributed by atoms with Crippen molar-refractivity contribution in [1.82, 2.24) is 5.32 Å².